The first kappa shape index (κ1) is 12.7. The third kappa shape index (κ3) is 2.52. The molecule has 3 nitrogen and oxygen atoms in total. The van der Waals surface area contributed by atoms with E-state index in [1.807, 2.05) is 11.9 Å². The van der Waals surface area contributed by atoms with Crippen LogP contribution in [0.2, 0.25) is 0 Å². The summed E-state index contributed by atoms with van der Waals surface area (Å²) >= 11 is 0. The third-order valence-corrected chi connectivity index (χ3v) is 4.45. The van der Waals surface area contributed by atoms with Crippen LogP contribution >= 0.6 is 0 Å². The van der Waals surface area contributed by atoms with Crippen LogP contribution in [0.5, 0.6) is 0 Å². The summed E-state index contributed by atoms with van der Waals surface area (Å²) in [7, 11) is 1.89. The zero-order valence-corrected chi connectivity index (χ0v) is 11.5. The first-order chi connectivity index (χ1) is 9.16. The lowest BCUT2D eigenvalue weighted by molar-refractivity contribution is -0.131. The van der Waals surface area contributed by atoms with Crippen LogP contribution in [0.3, 0.4) is 0 Å². The minimum atomic E-state index is 0.0358. The Hall–Kier alpha value is -1.35. The van der Waals surface area contributed by atoms with Crippen LogP contribution in [0.1, 0.15) is 55.2 Å². The molecule has 1 aliphatic carbocycles. The smallest absolute Gasteiger partial charge is 0.222 e. The molecule has 1 amide bonds. The van der Waals surface area contributed by atoms with Crippen molar-refractivity contribution in [3.63, 3.8) is 0 Å². The van der Waals surface area contributed by atoms with Crippen molar-refractivity contribution in [2.75, 3.05) is 7.05 Å². The molecule has 102 valence electrons. The zero-order chi connectivity index (χ0) is 13.4. The van der Waals surface area contributed by atoms with E-state index in [0.717, 1.165) is 18.8 Å². The van der Waals surface area contributed by atoms with E-state index >= 15 is 0 Å². The number of likely N-dealkylation sites (N-methyl/N-ethyl adjacent to an activating group) is 1. The van der Waals surface area contributed by atoms with Gasteiger partial charge in [0.05, 0.1) is 6.04 Å². The largest absolute Gasteiger partial charge is 0.337 e. The lowest BCUT2D eigenvalue weighted by atomic mass is 9.94. The minimum Gasteiger partial charge on any atom is -0.337 e. The molecule has 3 rings (SSSR count). The number of amides is 1. The van der Waals surface area contributed by atoms with Crippen LogP contribution in [0, 0.1) is 0 Å². The Balaban J connectivity index is 1.92. The number of carbonyl (C=O) groups is 1. The van der Waals surface area contributed by atoms with Gasteiger partial charge in [-0.25, -0.2) is 0 Å². The second kappa shape index (κ2) is 4.97. The molecule has 0 aromatic heterocycles. The Bertz CT molecular complexity index is 481. The van der Waals surface area contributed by atoms with E-state index in [9.17, 15) is 4.79 Å². The number of carbonyl (C=O) groups excluding carboxylic acids is 1. The molecular weight excluding hydrogens is 236 g/mol. The fourth-order valence-corrected chi connectivity index (χ4v) is 3.15. The van der Waals surface area contributed by atoms with Crippen LogP contribution in [-0.2, 0) is 4.79 Å². The molecule has 1 heterocycles. The molecule has 2 aliphatic rings. The van der Waals surface area contributed by atoms with Crippen LogP contribution in [0.4, 0.5) is 0 Å². The van der Waals surface area contributed by atoms with Crippen LogP contribution in [-0.4, -0.2) is 23.9 Å². The molecule has 19 heavy (non-hydrogen) atoms. The van der Waals surface area contributed by atoms with Crippen molar-refractivity contribution >= 4 is 5.91 Å². The van der Waals surface area contributed by atoms with Crippen molar-refractivity contribution in [3.8, 4) is 0 Å². The van der Waals surface area contributed by atoms with E-state index in [4.69, 9.17) is 5.73 Å². The second-order valence-corrected chi connectivity index (χ2v) is 5.95. The van der Waals surface area contributed by atoms with Gasteiger partial charge in [-0.05, 0) is 42.7 Å². The summed E-state index contributed by atoms with van der Waals surface area (Å²) in [6, 6.07) is 8.77. The Morgan fingerprint density at radius 1 is 1.21 bits per heavy atom. The molecular formula is C16H22N2O. The summed E-state index contributed by atoms with van der Waals surface area (Å²) in [5.74, 6) is 0.956. The molecule has 0 bridgehead atoms. The molecule has 1 aromatic carbocycles. The maximum atomic E-state index is 12.0. The number of likely N-dealkylation sites (tertiary alicyclic amines) is 1. The minimum absolute atomic E-state index is 0.0358. The molecule has 3 heteroatoms. The number of hydrogen-bond acceptors (Lipinski definition) is 2. The lowest BCUT2D eigenvalue weighted by Crippen LogP contribution is -2.39. The Labute approximate surface area is 114 Å². The van der Waals surface area contributed by atoms with Crippen LogP contribution < -0.4 is 5.73 Å². The molecule has 1 saturated carbocycles. The summed E-state index contributed by atoms with van der Waals surface area (Å²) in [4.78, 5) is 13.9. The summed E-state index contributed by atoms with van der Waals surface area (Å²) in [6.45, 7) is 0. The molecule has 0 radical (unpaired) electrons. The average Bonchev–Trinajstić information content (AvgIpc) is 3.23. The van der Waals surface area contributed by atoms with Gasteiger partial charge in [0.1, 0.15) is 0 Å². The summed E-state index contributed by atoms with van der Waals surface area (Å²) in [6.07, 6.45) is 5.06. The molecule has 2 N–H and O–H groups in total. The topological polar surface area (TPSA) is 46.3 Å². The zero-order valence-electron chi connectivity index (χ0n) is 11.5. The number of nitrogens with two attached hydrogens (primary N) is 1. The van der Waals surface area contributed by atoms with E-state index in [-0.39, 0.29) is 18.0 Å². The molecule has 1 saturated heterocycles. The molecule has 1 aromatic rings. The molecule has 2 fully saturated rings. The number of hydrogen-bond donors (Lipinski definition) is 1. The number of nitrogens with zero attached hydrogens (tertiary/aromatic N) is 1. The molecule has 0 spiro atoms. The van der Waals surface area contributed by atoms with E-state index in [1.54, 1.807) is 0 Å². The quantitative estimate of drug-likeness (QED) is 0.886. The summed E-state index contributed by atoms with van der Waals surface area (Å²) in [5.41, 5.74) is 8.93. The van der Waals surface area contributed by atoms with Crippen molar-refractivity contribution in [2.45, 2.75) is 50.1 Å². The maximum absolute atomic E-state index is 12.0. The van der Waals surface area contributed by atoms with Gasteiger partial charge < -0.3 is 10.6 Å². The monoisotopic (exact) mass is 258 g/mol. The van der Waals surface area contributed by atoms with Crippen LogP contribution in [0.15, 0.2) is 24.3 Å². The van der Waals surface area contributed by atoms with E-state index < -0.39 is 0 Å². The van der Waals surface area contributed by atoms with Crippen molar-refractivity contribution in [1.29, 1.82) is 0 Å². The Morgan fingerprint density at radius 3 is 2.68 bits per heavy atom. The first-order valence-corrected chi connectivity index (χ1v) is 7.28. The van der Waals surface area contributed by atoms with Gasteiger partial charge in [-0.15, -0.1) is 0 Å². The van der Waals surface area contributed by atoms with Gasteiger partial charge in [0.15, 0.2) is 0 Å². The van der Waals surface area contributed by atoms with Crippen molar-refractivity contribution < 1.29 is 4.79 Å². The fraction of sp³-hybridized carbons (Fsp3) is 0.562. The maximum Gasteiger partial charge on any atom is 0.222 e. The first-order valence-electron chi connectivity index (χ1n) is 7.28. The molecule has 1 aliphatic heterocycles. The lowest BCUT2D eigenvalue weighted by Gasteiger charge is -2.31. The van der Waals surface area contributed by atoms with Gasteiger partial charge in [0, 0.05) is 19.5 Å². The van der Waals surface area contributed by atoms with Gasteiger partial charge >= 0.3 is 0 Å². The van der Waals surface area contributed by atoms with Gasteiger partial charge in [0.2, 0.25) is 5.91 Å². The van der Waals surface area contributed by atoms with Crippen molar-refractivity contribution in [2.24, 2.45) is 5.73 Å². The summed E-state index contributed by atoms with van der Waals surface area (Å²) in [5, 5.41) is 0. The number of benzene rings is 1. The van der Waals surface area contributed by atoms with Gasteiger partial charge in [-0.1, -0.05) is 24.3 Å². The number of rotatable bonds is 2. The highest BCUT2D eigenvalue weighted by atomic mass is 16.2. The molecule has 2 unspecified atom stereocenters. The summed E-state index contributed by atoms with van der Waals surface area (Å²) < 4.78 is 0. The second-order valence-electron chi connectivity index (χ2n) is 5.95. The predicted molar refractivity (Wildman–Crippen MR) is 75.8 cm³/mol. The van der Waals surface area contributed by atoms with Crippen LogP contribution in [0.25, 0.3) is 0 Å². The third-order valence-electron chi connectivity index (χ3n) is 4.45. The normalized spacial score (nSPS) is 28.3. The molecule has 2 atom stereocenters. The van der Waals surface area contributed by atoms with Crippen molar-refractivity contribution in [3.05, 3.63) is 35.4 Å². The van der Waals surface area contributed by atoms with E-state index in [1.165, 1.54) is 24.0 Å². The Kier molecular flexibility index (Phi) is 3.31. The average molecular weight is 258 g/mol. The predicted octanol–water partition coefficient (Wildman–Crippen LogP) is 2.57. The van der Waals surface area contributed by atoms with E-state index in [2.05, 4.69) is 24.3 Å². The van der Waals surface area contributed by atoms with Gasteiger partial charge in [-0.3, -0.25) is 4.79 Å². The Morgan fingerprint density at radius 2 is 1.95 bits per heavy atom. The SMILES string of the molecule is CN1C(=O)CCCC(N)C1c1cccc(C2CC2)c1. The fourth-order valence-electron chi connectivity index (χ4n) is 3.15. The van der Waals surface area contributed by atoms with Crippen molar-refractivity contribution in [1.82, 2.24) is 4.90 Å². The highest BCUT2D eigenvalue weighted by molar-refractivity contribution is 5.76. The van der Waals surface area contributed by atoms with Gasteiger partial charge in [0.25, 0.3) is 0 Å². The van der Waals surface area contributed by atoms with Gasteiger partial charge in [-0.2, -0.15) is 0 Å². The highest BCUT2D eigenvalue weighted by Gasteiger charge is 2.31. The highest BCUT2D eigenvalue weighted by Crippen LogP contribution is 2.41. The van der Waals surface area contributed by atoms with E-state index in [0.29, 0.717) is 6.42 Å². The standard InChI is InChI=1S/C16H22N2O/c1-18-15(19)7-3-6-14(17)16(18)13-5-2-4-12(10-13)11-8-9-11/h2,4-5,10-11,14,16H,3,6-9,17H2,1H3.